The van der Waals surface area contributed by atoms with Crippen molar-refractivity contribution in [2.75, 3.05) is 26.2 Å². The quantitative estimate of drug-likeness (QED) is 0.904. The predicted molar refractivity (Wildman–Crippen MR) is 92.7 cm³/mol. The molecule has 0 spiro atoms. The van der Waals surface area contributed by atoms with Crippen LogP contribution in [-0.4, -0.2) is 42.0 Å². The number of ether oxygens (including phenoxy) is 1. The van der Waals surface area contributed by atoms with Crippen molar-refractivity contribution in [3.8, 4) is 0 Å². The lowest BCUT2D eigenvalue weighted by atomic mass is 10.1. The maximum atomic E-state index is 12.1. The minimum atomic E-state index is -0.0281. The van der Waals surface area contributed by atoms with Crippen molar-refractivity contribution in [3.05, 3.63) is 64.9 Å². The molecule has 24 heavy (non-hydrogen) atoms. The molecular weight excluding hydrogens is 326 g/mol. The number of rotatable bonds is 5. The lowest BCUT2D eigenvalue weighted by molar-refractivity contribution is -0.124. The molecule has 2 aromatic rings. The lowest BCUT2D eigenvalue weighted by Gasteiger charge is -2.32. The Morgan fingerprint density at radius 3 is 2.88 bits per heavy atom. The Balaban J connectivity index is 1.49. The van der Waals surface area contributed by atoms with Crippen molar-refractivity contribution >= 4 is 17.5 Å². The number of pyridine rings is 1. The van der Waals surface area contributed by atoms with E-state index in [1.54, 1.807) is 6.20 Å². The van der Waals surface area contributed by atoms with Crippen molar-refractivity contribution < 1.29 is 9.53 Å². The largest absolute Gasteiger partial charge is 0.371 e. The summed E-state index contributed by atoms with van der Waals surface area (Å²) in [5.41, 5.74) is 1.94. The number of halogens is 1. The van der Waals surface area contributed by atoms with Gasteiger partial charge in [-0.15, -0.1) is 0 Å². The summed E-state index contributed by atoms with van der Waals surface area (Å²) in [6, 6.07) is 13.3. The molecule has 1 amide bonds. The third-order valence-electron chi connectivity index (χ3n) is 3.95. The molecule has 1 aliphatic rings. The van der Waals surface area contributed by atoms with Gasteiger partial charge in [-0.25, -0.2) is 0 Å². The second-order valence-electron chi connectivity index (χ2n) is 5.74. The van der Waals surface area contributed by atoms with Crippen LogP contribution in [-0.2, 0) is 16.1 Å². The van der Waals surface area contributed by atoms with Gasteiger partial charge in [0.2, 0.25) is 5.91 Å². The van der Waals surface area contributed by atoms with Gasteiger partial charge in [-0.2, -0.15) is 0 Å². The van der Waals surface area contributed by atoms with E-state index in [-0.39, 0.29) is 12.0 Å². The van der Waals surface area contributed by atoms with Crippen LogP contribution < -0.4 is 5.32 Å². The summed E-state index contributed by atoms with van der Waals surface area (Å²) in [4.78, 5) is 18.4. The van der Waals surface area contributed by atoms with Gasteiger partial charge < -0.3 is 10.1 Å². The van der Waals surface area contributed by atoms with Gasteiger partial charge in [0.25, 0.3) is 0 Å². The smallest absolute Gasteiger partial charge is 0.234 e. The van der Waals surface area contributed by atoms with Crippen LogP contribution in [0.1, 0.15) is 17.4 Å². The molecule has 126 valence electrons. The summed E-state index contributed by atoms with van der Waals surface area (Å²) in [7, 11) is 0. The molecule has 1 atom stereocenters. The first-order valence-electron chi connectivity index (χ1n) is 7.97. The van der Waals surface area contributed by atoms with Gasteiger partial charge in [0.1, 0.15) is 0 Å². The number of hydrogen-bond acceptors (Lipinski definition) is 4. The van der Waals surface area contributed by atoms with Gasteiger partial charge in [-0.05, 0) is 29.8 Å². The van der Waals surface area contributed by atoms with E-state index in [0.717, 1.165) is 17.8 Å². The molecule has 1 aromatic heterocycles. The Kier molecular flexibility index (Phi) is 5.80. The molecule has 0 aliphatic carbocycles. The van der Waals surface area contributed by atoms with Crippen molar-refractivity contribution in [3.63, 3.8) is 0 Å². The first-order valence-corrected chi connectivity index (χ1v) is 8.34. The lowest BCUT2D eigenvalue weighted by Crippen LogP contribution is -2.44. The average Bonchev–Trinajstić information content (AvgIpc) is 2.62. The predicted octanol–water partition coefficient (Wildman–Crippen LogP) is 2.42. The average molecular weight is 346 g/mol. The van der Waals surface area contributed by atoms with Crippen LogP contribution in [0.15, 0.2) is 48.7 Å². The standard InChI is InChI=1S/C18H20ClN3O2/c19-15-6-4-14(5-7-15)17-12-22(9-10-24-17)13-18(23)21-11-16-3-1-2-8-20-16/h1-8,17H,9-13H2,(H,21,23)/t17-/m0/s1. The maximum absolute atomic E-state index is 12.1. The normalized spacial score (nSPS) is 18.3. The summed E-state index contributed by atoms with van der Waals surface area (Å²) < 4.78 is 5.82. The number of aromatic nitrogens is 1. The zero-order valence-electron chi connectivity index (χ0n) is 13.3. The van der Waals surface area contributed by atoms with Crippen molar-refractivity contribution in [2.45, 2.75) is 12.6 Å². The molecule has 5 nitrogen and oxygen atoms in total. The van der Waals surface area contributed by atoms with Gasteiger partial charge >= 0.3 is 0 Å². The highest BCUT2D eigenvalue weighted by molar-refractivity contribution is 6.30. The summed E-state index contributed by atoms with van der Waals surface area (Å²) in [6.07, 6.45) is 1.69. The summed E-state index contributed by atoms with van der Waals surface area (Å²) in [5, 5.41) is 3.62. The third kappa shape index (κ3) is 4.77. The fourth-order valence-electron chi connectivity index (χ4n) is 2.68. The Morgan fingerprint density at radius 2 is 2.12 bits per heavy atom. The molecule has 1 N–H and O–H groups in total. The number of nitrogens with zero attached hydrogens (tertiary/aromatic N) is 2. The number of amides is 1. The first kappa shape index (κ1) is 16.9. The monoisotopic (exact) mass is 345 g/mol. The Bertz CT molecular complexity index is 664. The van der Waals surface area contributed by atoms with Crippen LogP contribution in [0, 0.1) is 0 Å². The zero-order valence-corrected chi connectivity index (χ0v) is 14.1. The van der Waals surface area contributed by atoms with E-state index in [2.05, 4.69) is 15.2 Å². The molecule has 1 saturated heterocycles. The summed E-state index contributed by atoms with van der Waals surface area (Å²) in [6.45, 7) is 2.87. The van der Waals surface area contributed by atoms with E-state index < -0.39 is 0 Å². The number of carbonyl (C=O) groups is 1. The van der Waals surface area contributed by atoms with E-state index >= 15 is 0 Å². The van der Waals surface area contributed by atoms with Gasteiger partial charge in [0, 0.05) is 24.3 Å². The third-order valence-corrected chi connectivity index (χ3v) is 4.20. The maximum Gasteiger partial charge on any atom is 0.234 e. The van der Waals surface area contributed by atoms with E-state index in [1.165, 1.54) is 0 Å². The Labute approximate surface area is 146 Å². The van der Waals surface area contributed by atoms with Gasteiger partial charge in [0.05, 0.1) is 31.5 Å². The van der Waals surface area contributed by atoms with E-state index in [0.29, 0.717) is 31.3 Å². The molecular formula is C18H20ClN3O2. The van der Waals surface area contributed by atoms with Crippen LogP contribution in [0.3, 0.4) is 0 Å². The first-order chi connectivity index (χ1) is 11.7. The van der Waals surface area contributed by atoms with E-state index in [4.69, 9.17) is 16.3 Å². The van der Waals surface area contributed by atoms with Crippen LogP contribution >= 0.6 is 11.6 Å². The molecule has 3 rings (SSSR count). The van der Waals surface area contributed by atoms with Crippen LogP contribution in [0.5, 0.6) is 0 Å². The van der Waals surface area contributed by atoms with Crippen molar-refractivity contribution in [1.82, 2.24) is 15.2 Å². The molecule has 1 aromatic carbocycles. The fraction of sp³-hybridized carbons (Fsp3) is 0.333. The minimum Gasteiger partial charge on any atom is -0.371 e. The van der Waals surface area contributed by atoms with Crippen LogP contribution in [0.25, 0.3) is 0 Å². The van der Waals surface area contributed by atoms with Gasteiger partial charge in [-0.1, -0.05) is 29.8 Å². The molecule has 0 bridgehead atoms. The van der Waals surface area contributed by atoms with E-state index in [9.17, 15) is 4.79 Å². The van der Waals surface area contributed by atoms with Crippen molar-refractivity contribution in [2.24, 2.45) is 0 Å². The minimum absolute atomic E-state index is 0.00240. The Morgan fingerprint density at radius 1 is 1.29 bits per heavy atom. The number of morpholine rings is 1. The second kappa shape index (κ2) is 8.24. The number of carbonyl (C=O) groups excluding carboxylic acids is 1. The van der Waals surface area contributed by atoms with Crippen LogP contribution in [0.4, 0.5) is 0 Å². The Hall–Kier alpha value is -1.95. The topological polar surface area (TPSA) is 54.5 Å². The van der Waals surface area contributed by atoms with Crippen molar-refractivity contribution in [1.29, 1.82) is 0 Å². The molecule has 1 aliphatic heterocycles. The fourth-order valence-corrected chi connectivity index (χ4v) is 2.80. The highest BCUT2D eigenvalue weighted by Gasteiger charge is 2.23. The van der Waals surface area contributed by atoms with Gasteiger partial charge in [0.15, 0.2) is 0 Å². The van der Waals surface area contributed by atoms with Gasteiger partial charge in [-0.3, -0.25) is 14.7 Å². The number of benzene rings is 1. The molecule has 0 radical (unpaired) electrons. The highest BCUT2D eigenvalue weighted by Crippen LogP contribution is 2.23. The SMILES string of the molecule is O=C(CN1CCO[C@H](c2ccc(Cl)cc2)C1)NCc1ccccn1. The molecule has 6 heteroatoms. The second-order valence-corrected chi connectivity index (χ2v) is 6.18. The van der Waals surface area contributed by atoms with E-state index in [1.807, 2.05) is 42.5 Å². The molecule has 0 unspecified atom stereocenters. The molecule has 1 fully saturated rings. The highest BCUT2D eigenvalue weighted by atomic mass is 35.5. The number of nitrogens with one attached hydrogen (secondary N) is 1. The number of hydrogen-bond donors (Lipinski definition) is 1. The van der Waals surface area contributed by atoms with Crippen LogP contribution in [0.2, 0.25) is 5.02 Å². The molecule has 2 heterocycles. The summed E-state index contributed by atoms with van der Waals surface area (Å²) >= 11 is 5.92. The zero-order chi connectivity index (χ0) is 16.8. The molecule has 0 saturated carbocycles. The summed E-state index contributed by atoms with van der Waals surface area (Å²) in [5.74, 6) is -0.00240.